The molecular formula is C19H17NOS2. The maximum Gasteiger partial charge on any atom is 0.270 e. The van der Waals surface area contributed by atoms with E-state index < -0.39 is 0 Å². The van der Waals surface area contributed by atoms with Gasteiger partial charge in [-0.25, -0.2) is 0 Å². The van der Waals surface area contributed by atoms with Crippen LogP contribution in [0.4, 0.5) is 5.69 Å². The molecule has 2 aromatic rings. The third-order valence-corrected chi connectivity index (χ3v) is 5.29. The van der Waals surface area contributed by atoms with Crippen molar-refractivity contribution in [1.29, 1.82) is 0 Å². The Morgan fingerprint density at radius 1 is 1.04 bits per heavy atom. The number of benzene rings is 2. The van der Waals surface area contributed by atoms with Gasteiger partial charge in [-0.3, -0.25) is 9.69 Å². The number of amides is 1. The lowest BCUT2D eigenvalue weighted by Gasteiger charge is -2.18. The Bertz CT molecular complexity index is 822. The summed E-state index contributed by atoms with van der Waals surface area (Å²) >= 11 is 6.80. The number of nitrogens with zero attached hydrogens (tertiary/aromatic N) is 1. The van der Waals surface area contributed by atoms with E-state index in [1.807, 2.05) is 69.3 Å². The zero-order valence-electron chi connectivity index (χ0n) is 13.3. The Morgan fingerprint density at radius 2 is 1.74 bits per heavy atom. The van der Waals surface area contributed by atoms with Crippen molar-refractivity contribution in [2.45, 2.75) is 20.8 Å². The molecule has 0 atom stereocenters. The molecule has 4 heteroatoms. The fourth-order valence-electron chi connectivity index (χ4n) is 2.47. The highest BCUT2D eigenvalue weighted by Gasteiger charge is 2.34. The van der Waals surface area contributed by atoms with Crippen LogP contribution >= 0.6 is 24.0 Å². The predicted molar refractivity (Wildman–Crippen MR) is 103 cm³/mol. The second-order valence-corrected chi connectivity index (χ2v) is 7.32. The Labute approximate surface area is 146 Å². The van der Waals surface area contributed by atoms with E-state index in [9.17, 15) is 4.79 Å². The summed E-state index contributed by atoms with van der Waals surface area (Å²) in [4.78, 5) is 15.1. The number of rotatable bonds is 2. The van der Waals surface area contributed by atoms with Gasteiger partial charge in [-0.2, -0.15) is 0 Å². The highest BCUT2D eigenvalue weighted by Crippen LogP contribution is 2.37. The average Bonchev–Trinajstić information content (AvgIpc) is 2.79. The van der Waals surface area contributed by atoms with Crippen LogP contribution in [0.5, 0.6) is 0 Å². The Kier molecular flexibility index (Phi) is 4.37. The maximum atomic E-state index is 12.8. The number of thiocarbonyl (C=S) groups is 1. The van der Waals surface area contributed by atoms with Crippen molar-refractivity contribution in [2.75, 3.05) is 4.90 Å². The summed E-state index contributed by atoms with van der Waals surface area (Å²) in [5.74, 6) is -0.0470. The second-order valence-electron chi connectivity index (χ2n) is 5.65. The van der Waals surface area contributed by atoms with Gasteiger partial charge in [0.1, 0.15) is 0 Å². The van der Waals surface area contributed by atoms with E-state index in [0.717, 1.165) is 22.4 Å². The third kappa shape index (κ3) is 3.09. The van der Waals surface area contributed by atoms with Gasteiger partial charge >= 0.3 is 0 Å². The van der Waals surface area contributed by atoms with Crippen LogP contribution in [-0.4, -0.2) is 10.2 Å². The minimum atomic E-state index is -0.0470. The molecule has 0 radical (unpaired) electrons. The first-order valence-electron chi connectivity index (χ1n) is 7.38. The summed E-state index contributed by atoms with van der Waals surface area (Å²) in [6.45, 7) is 6.11. The molecule has 116 valence electrons. The molecule has 2 aromatic carbocycles. The van der Waals surface area contributed by atoms with E-state index in [1.54, 1.807) is 4.90 Å². The lowest BCUT2D eigenvalue weighted by Crippen LogP contribution is -2.28. The molecule has 2 nitrogen and oxygen atoms in total. The minimum absolute atomic E-state index is 0.0470. The predicted octanol–water partition coefficient (Wildman–Crippen LogP) is 5.02. The van der Waals surface area contributed by atoms with E-state index in [2.05, 4.69) is 0 Å². The van der Waals surface area contributed by atoms with Gasteiger partial charge in [-0.15, -0.1) is 0 Å². The molecule has 23 heavy (non-hydrogen) atoms. The smallest absolute Gasteiger partial charge is 0.268 e. The van der Waals surface area contributed by atoms with Crippen molar-refractivity contribution in [3.8, 4) is 0 Å². The Hall–Kier alpha value is -1.91. The molecule has 1 amide bonds. The van der Waals surface area contributed by atoms with Crippen molar-refractivity contribution >= 4 is 46.0 Å². The molecule has 1 fully saturated rings. The summed E-state index contributed by atoms with van der Waals surface area (Å²) in [5, 5.41) is 0. The van der Waals surface area contributed by atoms with Crippen LogP contribution in [0, 0.1) is 20.8 Å². The lowest BCUT2D eigenvalue weighted by atomic mass is 10.1. The first-order chi connectivity index (χ1) is 11.0. The zero-order valence-corrected chi connectivity index (χ0v) is 14.9. The third-order valence-electron chi connectivity index (χ3n) is 3.99. The second kappa shape index (κ2) is 6.30. The van der Waals surface area contributed by atoms with Gasteiger partial charge in [0.15, 0.2) is 4.32 Å². The van der Waals surface area contributed by atoms with Crippen LogP contribution in [0.3, 0.4) is 0 Å². The van der Waals surface area contributed by atoms with E-state index in [-0.39, 0.29) is 5.91 Å². The van der Waals surface area contributed by atoms with Gasteiger partial charge in [-0.05, 0) is 49.6 Å². The molecule has 0 spiro atoms. The number of aryl methyl sites for hydroxylation is 2. The van der Waals surface area contributed by atoms with Crippen LogP contribution in [0.2, 0.25) is 0 Å². The van der Waals surface area contributed by atoms with Crippen LogP contribution < -0.4 is 4.90 Å². The Morgan fingerprint density at radius 3 is 2.43 bits per heavy atom. The highest BCUT2D eigenvalue weighted by atomic mass is 32.2. The number of hydrogen-bond acceptors (Lipinski definition) is 3. The molecule has 1 saturated heterocycles. The molecule has 0 saturated carbocycles. The number of anilines is 1. The van der Waals surface area contributed by atoms with Crippen LogP contribution in [0.1, 0.15) is 22.3 Å². The van der Waals surface area contributed by atoms with Crippen molar-refractivity contribution in [1.82, 2.24) is 0 Å². The molecule has 0 aromatic heterocycles. The van der Waals surface area contributed by atoms with E-state index in [0.29, 0.717) is 9.23 Å². The number of carbonyl (C=O) groups excluding carboxylic acids is 1. The van der Waals surface area contributed by atoms with Crippen LogP contribution in [-0.2, 0) is 4.79 Å². The van der Waals surface area contributed by atoms with Crippen LogP contribution in [0.25, 0.3) is 6.08 Å². The van der Waals surface area contributed by atoms with Crippen molar-refractivity contribution in [2.24, 2.45) is 0 Å². The number of thioether (sulfide) groups is 1. The van der Waals surface area contributed by atoms with E-state index >= 15 is 0 Å². The van der Waals surface area contributed by atoms with Gasteiger partial charge in [0, 0.05) is 0 Å². The number of hydrogen-bond donors (Lipinski definition) is 0. The van der Waals surface area contributed by atoms with Crippen molar-refractivity contribution < 1.29 is 4.79 Å². The van der Waals surface area contributed by atoms with Crippen molar-refractivity contribution in [3.63, 3.8) is 0 Å². The van der Waals surface area contributed by atoms with E-state index in [1.165, 1.54) is 17.3 Å². The highest BCUT2D eigenvalue weighted by molar-refractivity contribution is 8.27. The molecule has 1 aliphatic heterocycles. The fourth-order valence-corrected chi connectivity index (χ4v) is 3.75. The molecule has 0 aliphatic carbocycles. The summed E-state index contributed by atoms with van der Waals surface area (Å²) < 4.78 is 0.585. The maximum absolute atomic E-state index is 12.8. The standard InChI is InChI=1S/C19H17NOS2/c1-12-7-9-15(10-8-12)11-17-18(21)20(19(22)23-17)16-6-4-5-13(2)14(16)3/h4-11H,1-3H3/b17-11+. The lowest BCUT2D eigenvalue weighted by molar-refractivity contribution is -0.113. The zero-order chi connectivity index (χ0) is 16.6. The fraction of sp³-hybridized carbons (Fsp3) is 0.158. The molecule has 1 heterocycles. The molecule has 3 rings (SSSR count). The molecule has 0 unspecified atom stereocenters. The molecule has 1 aliphatic rings. The van der Waals surface area contributed by atoms with Crippen LogP contribution in [0.15, 0.2) is 47.4 Å². The Balaban J connectivity index is 1.97. The average molecular weight is 339 g/mol. The summed E-state index contributed by atoms with van der Waals surface area (Å²) in [6, 6.07) is 14.1. The summed E-state index contributed by atoms with van der Waals surface area (Å²) in [7, 11) is 0. The number of carbonyl (C=O) groups is 1. The van der Waals surface area contributed by atoms with Gasteiger partial charge in [-0.1, -0.05) is 65.9 Å². The monoisotopic (exact) mass is 339 g/mol. The normalized spacial score (nSPS) is 16.5. The minimum Gasteiger partial charge on any atom is -0.268 e. The van der Waals surface area contributed by atoms with E-state index in [4.69, 9.17) is 12.2 Å². The molecular weight excluding hydrogens is 322 g/mol. The molecule has 0 bridgehead atoms. The first-order valence-corrected chi connectivity index (χ1v) is 8.60. The van der Waals surface area contributed by atoms with Gasteiger partial charge in [0.25, 0.3) is 5.91 Å². The van der Waals surface area contributed by atoms with Gasteiger partial charge < -0.3 is 0 Å². The summed E-state index contributed by atoms with van der Waals surface area (Å²) in [5.41, 5.74) is 5.32. The topological polar surface area (TPSA) is 20.3 Å². The summed E-state index contributed by atoms with van der Waals surface area (Å²) in [6.07, 6.45) is 1.91. The van der Waals surface area contributed by atoms with Gasteiger partial charge in [0.05, 0.1) is 10.6 Å². The first kappa shape index (κ1) is 16.0. The van der Waals surface area contributed by atoms with Crippen molar-refractivity contribution in [3.05, 3.63) is 69.6 Å². The molecule has 0 N–H and O–H groups in total. The van der Waals surface area contributed by atoms with Gasteiger partial charge in [0.2, 0.25) is 0 Å². The largest absolute Gasteiger partial charge is 0.270 e. The quantitative estimate of drug-likeness (QED) is 0.566. The SMILES string of the molecule is Cc1ccc(/C=C2/SC(=S)N(c3cccc(C)c3C)C2=O)cc1.